The van der Waals surface area contributed by atoms with Gasteiger partial charge in [-0.3, -0.25) is 4.57 Å². The summed E-state index contributed by atoms with van der Waals surface area (Å²) in [7, 11) is 3.34. The number of thioether (sulfide) groups is 1. The Kier molecular flexibility index (Phi) is 7.80. The minimum Gasteiger partial charge on any atom is -0.497 e. The number of hydrogen-bond acceptors (Lipinski definition) is 6. The molecule has 1 aromatic heterocycles. The highest BCUT2D eigenvalue weighted by Crippen LogP contribution is 2.27. The first kappa shape index (κ1) is 21.5. The van der Waals surface area contributed by atoms with Crippen LogP contribution in [0.15, 0.2) is 47.6 Å². The Balaban J connectivity index is 1.82. The van der Waals surface area contributed by atoms with Crippen molar-refractivity contribution >= 4 is 23.4 Å². The van der Waals surface area contributed by atoms with E-state index in [1.165, 1.54) is 0 Å². The topological polar surface area (TPSA) is 58.4 Å². The third-order valence-corrected chi connectivity index (χ3v) is 5.69. The highest BCUT2D eigenvalue weighted by atomic mass is 35.5. The lowest BCUT2D eigenvalue weighted by Crippen LogP contribution is -2.07. The molecule has 0 fully saturated rings. The monoisotopic (exact) mass is 433 g/mol. The van der Waals surface area contributed by atoms with Gasteiger partial charge in [0.2, 0.25) is 0 Å². The SMILES string of the molecule is COCCCSc1nnc(COc2ccc(OC)cc2)n1-c1ccc(C)c(Cl)c1. The van der Waals surface area contributed by atoms with Crippen molar-refractivity contribution in [1.82, 2.24) is 14.8 Å². The summed E-state index contributed by atoms with van der Waals surface area (Å²) in [6.07, 6.45) is 0.931. The van der Waals surface area contributed by atoms with E-state index in [9.17, 15) is 0 Å². The molecule has 0 N–H and O–H groups in total. The second-order valence-corrected chi connectivity index (χ2v) is 7.80. The van der Waals surface area contributed by atoms with Crippen LogP contribution in [0.1, 0.15) is 17.8 Å². The molecule has 0 amide bonds. The number of rotatable bonds is 10. The van der Waals surface area contributed by atoms with E-state index in [0.717, 1.165) is 40.1 Å². The molecular formula is C21H24ClN3O3S. The Hall–Kier alpha value is -2.22. The summed E-state index contributed by atoms with van der Waals surface area (Å²) in [5.74, 6) is 3.10. The second-order valence-electron chi connectivity index (χ2n) is 6.33. The molecule has 0 saturated heterocycles. The van der Waals surface area contributed by atoms with Gasteiger partial charge in [0.1, 0.15) is 18.1 Å². The van der Waals surface area contributed by atoms with Gasteiger partial charge in [0.25, 0.3) is 0 Å². The molecule has 0 spiro atoms. The molecule has 0 aliphatic rings. The minimum atomic E-state index is 0.281. The molecular weight excluding hydrogens is 410 g/mol. The van der Waals surface area contributed by atoms with E-state index in [-0.39, 0.29) is 6.61 Å². The van der Waals surface area contributed by atoms with E-state index in [4.69, 9.17) is 25.8 Å². The highest BCUT2D eigenvalue weighted by molar-refractivity contribution is 7.99. The fraction of sp³-hybridized carbons (Fsp3) is 0.333. The van der Waals surface area contributed by atoms with Gasteiger partial charge in [0.15, 0.2) is 11.0 Å². The summed E-state index contributed by atoms with van der Waals surface area (Å²) in [6, 6.07) is 13.4. The maximum atomic E-state index is 6.36. The van der Waals surface area contributed by atoms with Crippen LogP contribution >= 0.6 is 23.4 Å². The first-order valence-corrected chi connectivity index (χ1v) is 10.6. The maximum absolute atomic E-state index is 6.36. The van der Waals surface area contributed by atoms with Crippen molar-refractivity contribution in [3.05, 3.63) is 58.9 Å². The van der Waals surface area contributed by atoms with Crippen molar-refractivity contribution in [2.75, 3.05) is 26.6 Å². The van der Waals surface area contributed by atoms with Crippen molar-refractivity contribution in [3.8, 4) is 17.2 Å². The fourth-order valence-electron chi connectivity index (χ4n) is 2.65. The normalized spacial score (nSPS) is 10.9. The maximum Gasteiger partial charge on any atom is 0.195 e. The predicted molar refractivity (Wildman–Crippen MR) is 116 cm³/mol. The van der Waals surface area contributed by atoms with E-state index < -0.39 is 0 Å². The molecule has 0 saturated carbocycles. The zero-order chi connectivity index (χ0) is 20.6. The number of hydrogen-bond donors (Lipinski definition) is 0. The number of aryl methyl sites for hydroxylation is 1. The predicted octanol–water partition coefficient (Wildman–Crippen LogP) is 4.95. The Bertz CT molecular complexity index is 931. The number of halogens is 1. The first-order valence-electron chi connectivity index (χ1n) is 9.21. The summed E-state index contributed by atoms with van der Waals surface area (Å²) in [6.45, 7) is 2.97. The molecule has 8 heteroatoms. The number of benzene rings is 2. The minimum absolute atomic E-state index is 0.281. The van der Waals surface area contributed by atoms with Crippen LogP contribution in [0, 0.1) is 6.92 Å². The molecule has 2 aromatic carbocycles. The molecule has 0 aliphatic heterocycles. The second kappa shape index (κ2) is 10.5. The van der Waals surface area contributed by atoms with Gasteiger partial charge < -0.3 is 14.2 Å². The summed E-state index contributed by atoms with van der Waals surface area (Å²) in [4.78, 5) is 0. The largest absolute Gasteiger partial charge is 0.497 e. The van der Waals surface area contributed by atoms with Crippen LogP contribution < -0.4 is 9.47 Å². The van der Waals surface area contributed by atoms with Gasteiger partial charge in [-0.05, 0) is 55.3 Å². The lowest BCUT2D eigenvalue weighted by molar-refractivity contribution is 0.200. The van der Waals surface area contributed by atoms with Gasteiger partial charge in [-0.15, -0.1) is 10.2 Å². The summed E-state index contributed by atoms with van der Waals surface area (Å²) < 4.78 is 18.2. The highest BCUT2D eigenvalue weighted by Gasteiger charge is 2.16. The van der Waals surface area contributed by atoms with Crippen LogP contribution in [0.4, 0.5) is 0 Å². The molecule has 0 radical (unpaired) electrons. The molecule has 154 valence electrons. The lowest BCUT2D eigenvalue weighted by atomic mass is 10.2. The molecule has 0 atom stereocenters. The molecule has 0 aliphatic carbocycles. The smallest absolute Gasteiger partial charge is 0.195 e. The Morgan fingerprint density at radius 3 is 2.48 bits per heavy atom. The van der Waals surface area contributed by atoms with Gasteiger partial charge in [-0.2, -0.15) is 0 Å². The third kappa shape index (κ3) is 5.65. The molecule has 3 rings (SSSR count). The van der Waals surface area contributed by atoms with Crippen molar-refractivity contribution in [2.24, 2.45) is 0 Å². The summed E-state index contributed by atoms with van der Waals surface area (Å²) in [5.41, 5.74) is 1.93. The van der Waals surface area contributed by atoms with Gasteiger partial charge in [-0.25, -0.2) is 0 Å². The van der Waals surface area contributed by atoms with Crippen molar-refractivity contribution in [1.29, 1.82) is 0 Å². The zero-order valence-electron chi connectivity index (χ0n) is 16.7. The fourth-order valence-corrected chi connectivity index (χ4v) is 3.71. The van der Waals surface area contributed by atoms with Crippen LogP contribution in [0.25, 0.3) is 5.69 Å². The number of methoxy groups -OCH3 is 2. The number of nitrogens with zero attached hydrogens (tertiary/aromatic N) is 3. The zero-order valence-corrected chi connectivity index (χ0v) is 18.3. The molecule has 1 heterocycles. The van der Waals surface area contributed by atoms with E-state index in [2.05, 4.69) is 10.2 Å². The van der Waals surface area contributed by atoms with E-state index in [1.807, 2.05) is 54.0 Å². The summed E-state index contributed by atoms with van der Waals surface area (Å²) >= 11 is 8.00. The molecule has 29 heavy (non-hydrogen) atoms. The van der Waals surface area contributed by atoms with Crippen molar-refractivity contribution in [2.45, 2.75) is 25.1 Å². The quantitative estimate of drug-likeness (QED) is 0.333. The van der Waals surface area contributed by atoms with Crippen LogP contribution in [0.2, 0.25) is 5.02 Å². The van der Waals surface area contributed by atoms with Crippen LogP contribution in [-0.4, -0.2) is 41.3 Å². The van der Waals surface area contributed by atoms with Crippen LogP contribution in [0.5, 0.6) is 11.5 Å². The molecule has 3 aromatic rings. The van der Waals surface area contributed by atoms with Crippen molar-refractivity contribution < 1.29 is 14.2 Å². The number of aromatic nitrogens is 3. The van der Waals surface area contributed by atoms with E-state index in [0.29, 0.717) is 17.5 Å². The Labute approximate surface area is 180 Å². The summed E-state index contributed by atoms with van der Waals surface area (Å²) in [5, 5.41) is 10.2. The van der Waals surface area contributed by atoms with Crippen molar-refractivity contribution in [3.63, 3.8) is 0 Å². The Morgan fingerprint density at radius 2 is 1.79 bits per heavy atom. The van der Waals surface area contributed by atoms with Gasteiger partial charge in [0, 0.05) is 24.5 Å². The molecule has 0 bridgehead atoms. The average Bonchev–Trinajstić information content (AvgIpc) is 3.15. The number of ether oxygens (including phenoxy) is 3. The Morgan fingerprint density at radius 1 is 1.03 bits per heavy atom. The molecule has 6 nitrogen and oxygen atoms in total. The van der Waals surface area contributed by atoms with Crippen LogP contribution in [0.3, 0.4) is 0 Å². The first-order chi connectivity index (χ1) is 14.1. The van der Waals surface area contributed by atoms with E-state index in [1.54, 1.807) is 26.0 Å². The lowest BCUT2D eigenvalue weighted by Gasteiger charge is -2.12. The molecule has 0 unspecified atom stereocenters. The van der Waals surface area contributed by atoms with Gasteiger partial charge in [-0.1, -0.05) is 29.4 Å². The van der Waals surface area contributed by atoms with Gasteiger partial charge in [0.05, 0.1) is 12.8 Å². The van der Waals surface area contributed by atoms with E-state index >= 15 is 0 Å². The average molecular weight is 434 g/mol. The van der Waals surface area contributed by atoms with Gasteiger partial charge >= 0.3 is 0 Å². The third-order valence-electron chi connectivity index (χ3n) is 4.27. The van der Waals surface area contributed by atoms with Crippen LogP contribution in [-0.2, 0) is 11.3 Å². The standard InChI is InChI=1S/C21H24ClN3O3S/c1-15-5-6-16(13-19(15)22)25-20(23-24-21(25)29-12-4-11-26-2)14-28-18-9-7-17(27-3)8-10-18/h5-10,13H,4,11-12,14H2,1-3H3.